The second kappa shape index (κ2) is 2.89. The number of aromatic nitrogens is 2. The Kier molecular flexibility index (Phi) is 1.96. The van der Waals surface area contributed by atoms with Gasteiger partial charge >= 0.3 is 0 Å². The van der Waals surface area contributed by atoms with E-state index in [9.17, 15) is 0 Å². The van der Waals surface area contributed by atoms with Crippen molar-refractivity contribution >= 4 is 44.5 Å². The van der Waals surface area contributed by atoms with E-state index < -0.39 is 0 Å². The summed E-state index contributed by atoms with van der Waals surface area (Å²) in [6.45, 7) is 0. The van der Waals surface area contributed by atoms with Crippen molar-refractivity contribution in [1.29, 1.82) is 0 Å². The minimum Gasteiger partial charge on any atom is -0.369 e. The molecule has 1 heterocycles. The molecule has 0 bridgehead atoms. The number of nitrogens with zero attached hydrogens (tertiary/aromatic N) is 2. The standard InChI is InChI=1S/C8H7BrClN3/c1-13-7-3-5(10)4(9)2-6(7)12-8(13)11/h2-3H,1H3,(H2,11,12). The van der Waals surface area contributed by atoms with Crippen LogP contribution in [0.5, 0.6) is 0 Å². The van der Waals surface area contributed by atoms with Crippen LogP contribution in [0, 0.1) is 0 Å². The van der Waals surface area contributed by atoms with E-state index >= 15 is 0 Å². The average molecular weight is 261 g/mol. The van der Waals surface area contributed by atoms with E-state index in [1.54, 1.807) is 4.57 Å². The fourth-order valence-corrected chi connectivity index (χ4v) is 1.70. The number of aryl methyl sites for hydroxylation is 1. The van der Waals surface area contributed by atoms with E-state index in [0.29, 0.717) is 11.0 Å². The largest absolute Gasteiger partial charge is 0.369 e. The van der Waals surface area contributed by atoms with Gasteiger partial charge in [-0.2, -0.15) is 0 Å². The third-order valence-corrected chi connectivity index (χ3v) is 3.15. The first-order valence-electron chi connectivity index (χ1n) is 3.66. The second-order valence-corrected chi connectivity index (χ2v) is 4.05. The molecule has 0 fully saturated rings. The van der Waals surface area contributed by atoms with E-state index in [1.807, 2.05) is 19.2 Å². The van der Waals surface area contributed by atoms with Gasteiger partial charge < -0.3 is 10.3 Å². The number of halogens is 2. The average Bonchev–Trinajstić information content (AvgIpc) is 2.32. The first-order chi connectivity index (χ1) is 6.09. The molecule has 1 aromatic carbocycles. The lowest BCUT2D eigenvalue weighted by molar-refractivity contribution is 0.965. The zero-order chi connectivity index (χ0) is 9.59. The van der Waals surface area contributed by atoms with Crippen molar-refractivity contribution < 1.29 is 0 Å². The molecule has 0 atom stereocenters. The van der Waals surface area contributed by atoms with Gasteiger partial charge in [-0.1, -0.05) is 11.6 Å². The maximum absolute atomic E-state index is 5.94. The summed E-state index contributed by atoms with van der Waals surface area (Å²) in [5.41, 5.74) is 7.43. The Bertz CT molecular complexity index is 478. The molecule has 0 saturated heterocycles. The topological polar surface area (TPSA) is 43.8 Å². The number of nitrogen functional groups attached to an aromatic ring is 1. The van der Waals surface area contributed by atoms with Crippen molar-refractivity contribution in [2.75, 3.05) is 5.73 Å². The van der Waals surface area contributed by atoms with Crippen LogP contribution < -0.4 is 5.73 Å². The highest BCUT2D eigenvalue weighted by atomic mass is 79.9. The number of rotatable bonds is 0. The van der Waals surface area contributed by atoms with Gasteiger partial charge in [0.05, 0.1) is 16.1 Å². The van der Waals surface area contributed by atoms with E-state index in [-0.39, 0.29) is 0 Å². The number of fused-ring (bicyclic) bond motifs is 1. The summed E-state index contributed by atoms with van der Waals surface area (Å²) in [6.07, 6.45) is 0. The summed E-state index contributed by atoms with van der Waals surface area (Å²) >= 11 is 9.27. The molecule has 2 N–H and O–H groups in total. The van der Waals surface area contributed by atoms with Crippen molar-refractivity contribution in [2.24, 2.45) is 7.05 Å². The lowest BCUT2D eigenvalue weighted by Crippen LogP contribution is -1.95. The van der Waals surface area contributed by atoms with E-state index in [4.69, 9.17) is 17.3 Å². The predicted molar refractivity (Wildman–Crippen MR) is 57.8 cm³/mol. The summed E-state index contributed by atoms with van der Waals surface area (Å²) in [7, 11) is 1.86. The van der Waals surface area contributed by atoms with Gasteiger partial charge in [0.15, 0.2) is 0 Å². The van der Waals surface area contributed by atoms with Crippen molar-refractivity contribution in [2.45, 2.75) is 0 Å². The number of nitrogens with two attached hydrogens (primary N) is 1. The number of benzene rings is 1. The van der Waals surface area contributed by atoms with Crippen molar-refractivity contribution in [3.63, 3.8) is 0 Å². The molecule has 68 valence electrons. The van der Waals surface area contributed by atoms with Gasteiger partial charge in [0.1, 0.15) is 0 Å². The molecule has 13 heavy (non-hydrogen) atoms. The second-order valence-electron chi connectivity index (χ2n) is 2.78. The van der Waals surface area contributed by atoms with Gasteiger partial charge in [-0.15, -0.1) is 0 Å². The summed E-state index contributed by atoms with van der Waals surface area (Å²) < 4.78 is 2.63. The fourth-order valence-electron chi connectivity index (χ4n) is 1.21. The number of hydrogen-bond acceptors (Lipinski definition) is 2. The van der Waals surface area contributed by atoms with Crippen LogP contribution in [0.3, 0.4) is 0 Å². The van der Waals surface area contributed by atoms with Crippen LogP contribution in [-0.2, 0) is 7.05 Å². The van der Waals surface area contributed by atoms with Crippen molar-refractivity contribution in [3.05, 3.63) is 21.6 Å². The molecule has 1 aromatic heterocycles. The molecule has 2 rings (SSSR count). The smallest absolute Gasteiger partial charge is 0.200 e. The van der Waals surface area contributed by atoms with Gasteiger partial charge in [-0.25, -0.2) is 4.98 Å². The first kappa shape index (κ1) is 8.84. The number of imidazole rings is 1. The molecule has 3 nitrogen and oxygen atoms in total. The van der Waals surface area contributed by atoms with Crippen molar-refractivity contribution in [1.82, 2.24) is 9.55 Å². The maximum Gasteiger partial charge on any atom is 0.200 e. The Morgan fingerprint density at radius 1 is 1.54 bits per heavy atom. The van der Waals surface area contributed by atoms with Crippen LogP contribution in [0.2, 0.25) is 5.02 Å². The number of anilines is 1. The summed E-state index contributed by atoms with van der Waals surface area (Å²) in [5, 5.41) is 0.663. The minimum atomic E-state index is 0.490. The SMILES string of the molecule is Cn1c(N)nc2cc(Br)c(Cl)cc21. The third kappa shape index (κ3) is 1.30. The molecule has 5 heteroatoms. The van der Waals surface area contributed by atoms with Gasteiger partial charge in [-0.3, -0.25) is 0 Å². The monoisotopic (exact) mass is 259 g/mol. The first-order valence-corrected chi connectivity index (χ1v) is 4.83. The zero-order valence-electron chi connectivity index (χ0n) is 6.88. The van der Waals surface area contributed by atoms with Crippen LogP contribution in [-0.4, -0.2) is 9.55 Å². The van der Waals surface area contributed by atoms with Gasteiger partial charge in [0.2, 0.25) is 5.95 Å². The Labute approximate surface area is 88.6 Å². The highest BCUT2D eigenvalue weighted by Gasteiger charge is 2.07. The molecule has 0 aliphatic rings. The lowest BCUT2D eigenvalue weighted by atomic mass is 10.3. The zero-order valence-corrected chi connectivity index (χ0v) is 9.22. The quantitative estimate of drug-likeness (QED) is 0.791. The number of hydrogen-bond donors (Lipinski definition) is 1. The highest BCUT2D eigenvalue weighted by Crippen LogP contribution is 2.28. The van der Waals surface area contributed by atoms with E-state index in [2.05, 4.69) is 20.9 Å². The minimum absolute atomic E-state index is 0.490. The van der Waals surface area contributed by atoms with Crippen LogP contribution in [0.15, 0.2) is 16.6 Å². The van der Waals surface area contributed by atoms with Crippen LogP contribution in [0.25, 0.3) is 11.0 Å². The normalized spacial score (nSPS) is 11.0. The summed E-state index contributed by atoms with van der Waals surface area (Å²) in [4.78, 5) is 4.17. The van der Waals surface area contributed by atoms with Gasteiger partial charge in [0.25, 0.3) is 0 Å². The predicted octanol–water partition coefficient (Wildman–Crippen LogP) is 2.57. The molecule has 0 unspecified atom stereocenters. The van der Waals surface area contributed by atoms with Crippen LogP contribution >= 0.6 is 27.5 Å². The Balaban J connectivity index is 2.89. The third-order valence-electron chi connectivity index (χ3n) is 1.96. The Morgan fingerprint density at radius 2 is 2.23 bits per heavy atom. The molecule has 2 aromatic rings. The van der Waals surface area contributed by atoms with Gasteiger partial charge in [0, 0.05) is 11.5 Å². The van der Waals surface area contributed by atoms with Crippen molar-refractivity contribution in [3.8, 4) is 0 Å². The molecule has 0 aliphatic heterocycles. The maximum atomic E-state index is 5.94. The van der Waals surface area contributed by atoms with E-state index in [0.717, 1.165) is 15.5 Å². The highest BCUT2D eigenvalue weighted by molar-refractivity contribution is 9.10. The van der Waals surface area contributed by atoms with E-state index in [1.165, 1.54) is 0 Å². The fraction of sp³-hybridized carbons (Fsp3) is 0.125. The lowest BCUT2D eigenvalue weighted by Gasteiger charge is -1.97. The molecule has 0 saturated carbocycles. The molecular weight excluding hydrogens is 253 g/mol. The summed E-state index contributed by atoms with van der Waals surface area (Å²) in [6, 6.07) is 3.69. The molecular formula is C8H7BrClN3. The van der Waals surface area contributed by atoms with Gasteiger partial charge in [-0.05, 0) is 28.1 Å². The molecule has 0 amide bonds. The Morgan fingerprint density at radius 3 is 2.92 bits per heavy atom. The molecule has 0 spiro atoms. The molecule has 0 radical (unpaired) electrons. The summed E-state index contributed by atoms with van der Waals surface area (Å²) in [5.74, 6) is 0.490. The van der Waals surface area contributed by atoms with Crippen LogP contribution in [0.4, 0.5) is 5.95 Å². The molecule has 0 aliphatic carbocycles. The Hall–Kier alpha value is -0.740. The van der Waals surface area contributed by atoms with Crippen LogP contribution in [0.1, 0.15) is 0 Å².